The SMILES string of the molecule is C=C1CC([C@H](O)C=O)O[C@H](C)C1C. The molecule has 0 aromatic carbocycles. The molecule has 1 aliphatic rings. The van der Waals surface area contributed by atoms with Crippen LogP contribution in [0.4, 0.5) is 0 Å². The molecular weight excluding hydrogens is 168 g/mol. The van der Waals surface area contributed by atoms with E-state index < -0.39 is 12.2 Å². The third-order valence-corrected chi connectivity index (χ3v) is 2.72. The van der Waals surface area contributed by atoms with Gasteiger partial charge in [-0.3, -0.25) is 0 Å². The topological polar surface area (TPSA) is 46.5 Å². The molecule has 3 heteroatoms. The van der Waals surface area contributed by atoms with Crippen molar-refractivity contribution in [1.82, 2.24) is 0 Å². The molecule has 4 atom stereocenters. The molecule has 1 rings (SSSR count). The van der Waals surface area contributed by atoms with E-state index >= 15 is 0 Å². The summed E-state index contributed by atoms with van der Waals surface area (Å²) in [5, 5.41) is 9.27. The van der Waals surface area contributed by atoms with E-state index in [1.807, 2.05) is 13.8 Å². The molecule has 2 unspecified atom stereocenters. The summed E-state index contributed by atoms with van der Waals surface area (Å²) in [4.78, 5) is 10.3. The van der Waals surface area contributed by atoms with Gasteiger partial charge in [-0.2, -0.15) is 0 Å². The fourth-order valence-electron chi connectivity index (χ4n) is 1.51. The van der Waals surface area contributed by atoms with Crippen molar-refractivity contribution >= 4 is 6.29 Å². The summed E-state index contributed by atoms with van der Waals surface area (Å²) in [6.45, 7) is 7.87. The lowest BCUT2D eigenvalue weighted by molar-refractivity contribution is -0.132. The fraction of sp³-hybridized carbons (Fsp3) is 0.700. The molecule has 1 saturated heterocycles. The quantitative estimate of drug-likeness (QED) is 0.512. The first-order valence-electron chi connectivity index (χ1n) is 4.52. The molecule has 0 aliphatic carbocycles. The molecule has 0 bridgehead atoms. The number of carbonyl (C=O) groups excluding carboxylic acids is 1. The Kier molecular flexibility index (Phi) is 3.22. The molecule has 0 radical (unpaired) electrons. The van der Waals surface area contributed by atoms with Crippen molar-refractivity contribution in [3.63, 3.8) is 0 Å². The Morgan fingerprint density at radius 1 is 1.69 bits per heavy atom. The van der Waals surface area contributed by atoms with Gasteiger partial charge in [0.05, 0.1) is 12.2 Å². The molecule has 0 aromatic rings. The number of aliphatic hydroxyl groups excluding tert-OH is 1. The molecule has 74 valence electrons. The maximum absolute atomic E-state index is 10.3. The first-order valence-corrected chi connectivity index (χ1v) is 4.52. The Morgan fingerprint density at radius 3 is 2.77 bits per heavy atom. The molecule has 0 aromatic heterocycles. The van der Waals surface area contributed by atoms with E-state index in [-0.39, 0.29) is 6.10 Å². The lowest BCUT2D eigenvalue weighted by Gasteiger charge is -2.35. The number of hydrogen-bond acceptors (Lipinski definition) is 3. The van der Waals surface area contributed by atoms with Crippen molar-refractivity contribution in [1.29, 1.82) is 0 Å². The van der Waals surface area contributed by atoms with Gasteiger partial charge in [0.15, 0.2) is 6.29 Å². The van der Waals surface area contributed by atoms with Crippen molar-refractivity contribution in [3.05, 3.63) is 12.2 Å². The van der Waals surface area contributed by atoms with Crippen LogP contribution in [0.2, 0.25) is 0 Å². The van der Waals surface area contributed by atoms with Crippen molar-refractivity contribution in [3.8, 4) is 0 Å². The third kappa shape index (κ3) is 2.17. The molecule has 0 amide bonds. The zero-order valence-corrected chi connectivity index (χ0v) is 8.06. The number of aliphatic hydroxyl groups is 1. The minimum atomic E-state index is -1.02. The summed E-state index contributed by atoms with van der Waals surface area (Å²) in [6, 6.07) is 0. The summed E-state index contributed by atoms with van der Waals surface area (Å²) < 4.78 is 5.48. The van der Waals surface area contributed by atoms with Crippen LogP contribution in [0.15, 0.2) is 12.2 Å². The minimum absolute atomic E-state index is 0.0286. The Labute approximate surface area is 78.4 Å². The maximum Gasteiger partial charge on any atom is 0.151 e. The number of rotatable bonds is 2. The third-order valence-electron chi connectivity index (χ3n) is 2.72. The van der Waals surface area contributed by atoms with E-state index in [9.17, 15) is 9.90 Å². The monoisotopic (exact) mass is 184 g/mol. The smallest absolute Gasteiger partial charge is 0.151 e. The predicted molar refractivity (Wildman–Crippen MR) is 49.3 cm³/mol. The first kappa shape index (κ1) is 10.4. The van der Waals surface area contributed by atoms with Crippen LogP contribution in [0.5, 0.6) is 0 Å². The van der Waals surface area contributed by atoms with Crippen LogP contribution in [0.25, 0.3) is 0 Å². The van der Waals surface area contributed by atoms with E-state index in [4.69, 9.17) is 4.74 Å². The van der Waals surface area contributed by atoms with Crippen LogP contribution >= 0.6 is 0 Å². The Hall–Kier alpha value is -0.670. The summed E-state index contributed by atoms with van der Waals surface area (Å²) in [5.41, 5.74) is 1.05. The second-order valence-electron chi connectivity index (χ2n) is 3.66. The van der Waals surface area contributed by atoms with Crippen LogP contribution in [0, 0.1) is 5.92 Å². The second-order valence-corrected chi connectivity index (χ2v) is 3.66. The summed E-state index contributed by atoms with van der Waals surface area (Å²) >= 11 is 0. The molecule has 3 nitrogen and oxygen atoms in total. The molecule has 1 N–H and O–H groups in total. The second kappa shape index (κ2) is 4.03. The van der Waals surface area contributed by atoms with Crippen molar-refractivity contribution < 1.29 is 14.6 Å². The minimum Gasteiger partial charge on any atom is -0.383 e. The van der Waals surface area contributed by atoms with E-state index in [0.717, 1.165) is 5.57 Å². The van der Waals surface area contributed by atoms with Gasteiger partial charge in [0.2, 0.25) is 0 Å². The van der Waals surface area contributed by atoms with Crippen LogP contribution in [-0.4, -0.2) is 29.7 Å². The molecule has 0 saturated carbocycles. The molecule has 1 aliphatic heterocycles. The van der Waals surface area contributed by atoms with Crippen LogP contribution in [0.1, 0.15) is 20.3 Å². The van der Waals surface area contributed by atoms with Gasteiger partial charge in [0, 0.05) is 5.92 Å². The van der Waals surface area contributed by atoms with Crippen molar-refractivity contribution in [2.45, 2.75) is 38.6 Å². The van der Waals surface area contributed by atoms with Gasteiger partial charge in [-0.15, -0.1) is 0 Å². The van der Waals surface area contributed by atoms with Crippen molar-refractivity contribution in [2.75, 3.05) is 0 Å². The normalized spacial score (nSPS) is 37.2. The van der Waals surface area contributed by atoms with Crippen LogP contribution in [-0.2, 0) is 9.53 Å². The van der Waals surface area contributed by atoms with Gasteiger partial charge < -0.3 is 14.6 Å². The number of ether oxygens (including phenoxy) is 1. The van der Waals surface area contributed by atoms with Gasteiger partial charge in [-0.1, -0.05) is 19.1 Å². The number of carbonyl (C=O) groups is 1. The highest BCUT2D eigenvalue weighted by Gasteiger charge is 2.31. The summed E-state index contributed by atoms with van der Waals surface area (Å²) in [6.07, 6.45) is -0.310. The van der Waals surface area contributed by atoms with Crippen molar-refractivity contribution in [2.24, 2.45) is 5.92 Å². The number of aldehydes is 1. The zero-order valence-electron chi connectivity index (χ0n) is 8.06. The highest BCUT2D eigenvalue weighted by atomic mass is 16.5. The molecule has 0 spiro atoms. The highest BCUT2D eigenvalue weighted by molar-refractivity contribution is 5.56. The Bertz CT molecular complexity index is 212. The lowest BCUT2D eigenvalue weighted by atomic mass is 9.88. The van der Waals surface area contributed by atoms with Crippen LogP contribution < -0.4 is 0 Å². The van der Waals surface area contributed by atoms with Gasteiger partial charge >= 0.3 is 0 Å². The van der Waals surface area contributed by atoms with E-state index in [1.165, 1.54) is 0 Å². The van der Waals surface area contributed by atoms with E-state index in [2.05, 4.69) is 6.58 Å². The largest absolute Gasteiger partial charge is 0.383 e. The standard InChI is InChI=1S/C10H16O3/c1-6-4-10(9(12)5-11)13-8(3)7(6)2/h5,7-10,12H,1,4H2,2-3H3/t7?,8-,9-,10?/m1/s1. The van der Waals surface area contributed by atoms with E-state index in [0.29, 0.717) is 18.6 Å². The van der Waals surface area contributed by atoms with Gasteiger partial charge in [0.25, 0.3) is 0 Å². The van der Waals surface area contributed by atoms with E-state index in [1.54, 1.807) is 0 Å². The fourth-order valence-corrected chi connectivity index (χ4v) is 1.51. The molecule has 1 heterocycles. The Morgan fingerprint density at radius 2 is 2.31 bits per heavy atom. The lowest BCUT2D eigenvalue weighted by Crippen LogP contribution is -2.40. The number of hydrogen-bond donors (Lipinski definition) is 1. The predicted octanol–water partition coefficient (Wildman–Crippen LogP) is 0.916. The Balaban J connectivity index is 2.63. The average Bonchev–Trinajstić information content (AvgIpc) is 2.12. The highest BCUT2D eigenvalue weighted by Crippen LogP contribution is 2.29. The summed E-state index contributed by atoms with van der Waals surface area (Å²) in [7, 11) is 0. The molecule has 13 heavy (non-hydrogen) atoms. The maximum atomic E-state index is 10.3. The van der Waals surface area contributed by atoms with Crippen LogP contribution in [0.3, 0.4) is 0 Å². The summed E-state index contributed by atoms with van der Waals surface area (Å²) in [5.74, 6) is 0.301. The van der Waals surface area contributed by atoms with Gasteiger partial charge in [-0.05, 0) is 13.3 Å². The molecular formula is C10H16O3. The zero-order chi connectivity index (χ0) is 10.0. The molecule has 1 fully saturated rings. The van der Waals surface area contributed by atoms with Gasteiger partial charge in [0.1, 0.15) is 6.10 Å². The first-order chi connectivity index (χ1) is 6.06. The average molecular weight is 184 g/mol. The van der Waals surface area contributed by atoms with Gasteiger partial charge in [-0.25, -0.2) is 0 Å².